The first kappa shape index (κ1) is 22.8. The molecule has 0 saturated carbocycles. The van der Waals surface area contributed by atoms with Crippen molar-refractivity contribution in [1.29, 1.82) is 0 Å². The molecule has 2 aromatic heterocycles. The van der Waals surface area contributed by atoms with E-state index in [-0.39, 0.29) is 18.9 Å². The smallest absolute Gasteiger partial charge is 0.287 e. The number of carbonyl (C=O) groups excluding carboxylic acids is 1. The Morgan fingerprint density at radius 1 is 1.33 bits per heavy atom. The highest BCUT2D eigenvalue weighted by atomic mass is 16.2. The third-order valence-electron chi connectivity index (χ3n) is 3.94. The Hall–Kier alpha value is -2.22. The maximum atomic E-state index is 12.6. The first-order valence-corrected chi connectivity index (χ1v) is 9.40. The summed E-state index contributed by atoms with van der Waals surface area (Å²) in [6, 6.07) is 0.321. The monoisotopic (exact) mass is 377 g/mol. The standard InChI is InChI=1S/C16H25N7O.C2H6.CH4/c1-5-23-13-11(21-14(23)15(24)22-16(2,3)4)12(18-9-19-13)20-10-6-7-17-8-10;1-2;/h9-10,17H,5-8H2,1-4H3,(H,22,24)(H,18,19,20);1-2H3;1H4. The van der Waals surface area contributed by atoms with E-state index in [9.17, 15) is 4.79 Å². The number of nitrogens with zero attached hydrogens (tertiary/aromatic N) is 4. The molecule has 0 bridgehead atoms. The summed E-state index contributed by atoms with van der Waals surface area (Å²) in [7, 11) is 0. The van der Waals surface area contributed by atoms with Gasteiger partial charge in [-0.15, -0.1) is 0 Å². The predicted molar refractivity (Wildman–Crippen MR) is 111 cm³/mol. The van der Waals surface area contributed by atoms with E-state index in [1.165, 1.54) is 6.33 Å². The molecule has 1 saturated heterocycles. The summed E-state index contributed by atoms with van der Waals surface area (Å²) in [5.74, 6) is 0.858. The van der Waals surface area contributed by atoms with Crippen molar-refractivity contribution < 1.29 is 4.79 Å². The largest absolute Gasteiger partial charge is 0.364 e. The Morgan fingerprint density at radius 2 is 2.04 bits per heavy atom. The van der Waals surface area contributed by atoms with Gasteiger partial charge in [0.2, 0.25) is 5.82 Å². The fourth-order valence-electron chi connectivity index (χ4n) is 2.88. The lowest BCUT2D eigenvalue weighted by molar-refractivity contribution is 0.0905. The summed E-state index contributed by atoms with van der Waals surface area (Å²) in [4.78, 5) is 25.8. The Bertz CT molecular complexity index is 742. The summed E-state index contributed by atoms with van der Waals surface area (Å²) < 4.78 is 1.83. The van der Waals surface area contributed by atoms with E-state index in [1.54, 1.807) is 0 Å². The number of anilines is 1. The van der Waals surface area contributed by atoms with E-state index in [1.807, 2.05) is 46.1 Å². The molecule has 1 atom stereocenters. The third kappa shape index (κ3) is 5.38. The van der Waals surface area contributed by atoms with Gasteiger partial charge < -0.3 is 20.5 Å². The summed E-state index contributed by atoms with van der Waals surface area (Å²) >= 11 is 0. The van der Waals surface area contributed by atoms with Crippen molar-refractivity contribution in [2.24, 2.45) is 0 Å². The SMILES string of the molecule is C.CC.CCn1c(C(=O)NC(C)(C)C)nc2c(NC3CCNC3)ncnc21. The van der Waals surface area contributed by atoms with Crippen LogP contribution < -0.4 is 16.0 Å². The van der Waals surface area contributed by atoms with Gasteiger partial charge in [0.25, 0.3) is 5.91 Å². The molecule has 3 rings (SSSR count). The Kier molecular flexibility index (Phi) is 8.15. The van der Waals surface area contributed by atoms with E-state index in [2.05, 4.69) is 30.9 Å². The lowest BCUT2D eigenvalue weighted by Gasteiger charge is -2.20. The lowest BCUT2D eigenvalue weighted by atomic mass is 10.1. The van der Waals surface area contributed by atoms with Gasteiger partial charge in [0.1, 0.15) is 6.33 Å². The molecule has 8 heteroatoms. The molecule has 1 aliphatic heterocycles. The van der Waals surface area contributed by atoms with Gasteiger partial charge >= 0.3 is 0 Å². The number of imidazole rings is 1. The molecule has 0 aliphatic carbocycles. The minimum atomic E-state index is -0.323. The van der Waals surface area contributed by atoms with Gasteiger partial charge in [-0.1, -0.05) is 21.3 Å². The Morgan fingerprint density at radius 3 is 2.59 bits per heavy atom. The van der Waals surface area contributed by atoms with Gasteiger partial charge in [-0.2, -0.15) is 0 Å². The second kappa shape index (κ2) is 9.64. The Balaban J connectivity index is 0.00000118. The summed E-state index contributed by atoms with van der Waals surface area (Å²) in [5.41, 5.74) is 1.00. The summed E-state index contributed by atoms with van der Waals surface area (Å²) in [6.45, 7) is 14.3. The van der Waals surface area contributed by atoms with Gasteiger partial charge in [0, 0.05) is 24.7 Å². The number of aromatic nitrogens is 4. The van der Waals surface area contributed by atoms with Crippen molar-refractivity contribution in [3.8, 4) is 0 Å². The quantitative estimate of drug-likeness (QED) is 0.758. The van der Waals surface area contributed by atoms with Crippen molar-refractivity contribution in [3.05, 3.63) is 12.2 Å². The first-order chi connectivity index (χ1) is 12.4. The van der Waals surface area contributed by atoms with Gasteiger partial charge in [-0.3, -0.25) is 4.79 Å². The van der Waals surface area contributed by atoms with Crippen LogP contribution in [0.4, 0.5) is 5.82 Å². The van der Waals surface area contributed by atoms with Crippen molar-refractivity contribution >= 4 is 22.9 Å². The molecule has 27 heavy (non-hydrogen) atoms. The topological polar surface area (TPSA) is 96.8 Å². The maximum absolute atomic E-state index is 12.6. The number of nitrogens with one attached hydrogen (secondary N) is 3. The highest BCUT2D eigenvalue weighted by Gasteiger charge is 2.24. The Labute approximate surface area is 162 Å². The van der Waals surface area contributed by atoms with Crippen LogP contribution in [0.25, 0.3) is 11.2 Å². The van der Waals surface area contributed by atoms with E-state index in [0.29, 0.717) is 35.4 Å². The number of aryl methyl sites for hydroxylation is 1. The number of amides is 1. The van der Waals surface area contributed by atoms with Crippen molar-refractivity contribution in [1.82, 2.24) is 30.2 Å². The molecule has 8 nitrogen and oxygen atoms in total. The maximum Gasteiger partial charge on any atom is 0.287 e. The van der Waals surface area contributed by atoms with Crippen molar-refractivity contribution in [2.45, 2.75) is 73.5 Å². The minimum absolute atomic E-state index is 0. The van der Waals surface area contributed by atoms with E-state index >= 15 is 0 Å². The summed E-state index contributed by atoms with van der Waals surface area (Å²) in [6.07, 6.45) is 2.56. The van der Waals surface area contributed by atoms with Crippen LogP contribution >= 0.6 is 0 Å². The zero-order valence-corrected chi connectivity index (χ0v) is 16.7. The molecule has 0 aromatic carbocycles. The second-order valence-corrected chi connectivity index (χ2v) is 7.11. The molecule has 152 valence electrons. The first-order valence-electron chi connectivity index (χ1n) is 9.40. The van der Waals surface area contributed by atoms with Crippen LogP contribution in [0.15, 0.2) is 6.33 Å². The van der Waals surface area contributed by atoms with Crippen LogP contribution in [0.2, 0.25) is 0 Å². The summed E-state index contributed by atoms with van der Waals surface area (Å²) in [5, 5.41) is 9.69. The molecular weight excluding hydrogens is 342 g/mol. The van der Waals surface area contributed by atoms with Crippen molar-refractivity contribution in [2.75, 3.05) is 18.4 Å². The molecule has 0 spiro atoms. The zero-order valence-electron chi connectivity index (χ0n) is 16.7. The van der Waals surface area contributed by atoms with Crippen LogP contribution in [0.1, 0.15) is 66.0 Å². The van der Waals surface area contributed by atoms with E-state index < -0.39 is 0 Å². The van der Waals surface area contributed by atoms with Gasteiger partial charge in [-0.25, -0.2) is 15.0 Å². The van der Waals surface area contributed by atoms with Gasteiger partial charge in [0.15, 0.2) is 17.0 Å². The van der Waals surface area contributed by atoms with E-state index in [4.69, 9.17) is 0 Å². The lowest BCUT2D eigenvalue weighted by Crippen LogP contribution is -2.41. The number of rotatable bonds is 4. The molecule has 1 fully saturated rings. The van der Waals surface area contributed by atoms with E-state index in [0.717, 1.165) is 19.5 Å². The van der Waals surface area contributed by atoms with Gasteiger partial charge in [0.05, 0.1) is 0 Å². The highest BCUT2D eigenvalue weighted by molar-refractivity contribution is 5.96. The fraction of sp³-hybridized carbons (Fsp3) is 0.684. The molecule has 1 aliphatic rings. The molecule has 2 aromatic rings. The fourth-order valence-corrected chi connectivity index (χ4v) is 2.88. The molecule has 3 heterocycles. The normalized spacial score (nSPS) is 16.3. The molecule has 0 radical (unpaired) electrons. The van der Waals surface area contributed by atoms with Crippen LogP contribution in [0.3, 0.4) is 0 Å². The molecule has 1 unspecified atom stereocenters. The van der Waals surface area contributed by atoms with Gasteiger partial charge in [-0.05, 0) is 40.7 Å². The molecule has 1 amide bonds. The predicted octanol–water partition coefficient (Wildman–Crippen LogP) is 2.81. The van der Waals surface area contributed by atoms with Crippen molar-refractivity contribution in [3.63, 3.8) is 0 Å². The average Bonchev–Trinajstić information content (AvgIpc) is 3.22. The second-order valence-electron chi connectivity index (χ2n) is 7.11. The van der Waals surface area contributed by atoms with Crippen LogP contribution in [-0.2, 0) is 6.54 Å². The number of carbonyl (C=O) groups is 1. The van der Waals surface area contributed by atoms with Crippen LogP contribution in [0.5, 0.6) is 0 Å². The molecule has 3 N–H and O–H groups in total. The molecular formula is C19H35N7O. The third-order valence-corrected chi connectivity index (χ3v) is 3.94. The zero-order chi connectivity index (χ0) is 19.3. The number of hydrogen-bond acceptors (Lipinski definition) is 6. The minimum Gasteiger partial charge on any atom is -0.364 e. The average molecular weight is 378 g/mol. The van der Waals surface area contributed by atoms with Crippen LogP contribution in [0, 0.1) is 0 Å². The number of hydrogen-bond donors (Lipinski definition) is 3. The highest BCUT2D eigenvalue weighted by Crippen LogP contribution is 2.22. The number of fused-ring (bicyclic) bond motifs is 1. The van der Waals surface area contributed by atoms with Crippen LogP contribution in [-0.4, -0.2) is 50.1 Å².